The van der Waals surface area contributed by atoms with Gasteiger partial charge in [0, 0.05) is 36.9 Å². The zero-order valence-corrected chi connectivity index (χ0v) is 22.5. The van der Waals surface area contributed by atoms with E-state index in [1.807, 2.05) is 41.7 Å². The SMILES string of the molecule is Cc1c(C(=O)C2=C(O)C(=O)N(CCCN3CCOCC3)C2c2cccc(Cl)c2)sc2nc3ccccc3n12. The maximum absolute atomic E-state index is 14.1. The summed E-state index contributed by atoms with van der Waals surface area (Å²) in [5.74, 6) is -1.40. The first kappa shape index (κ1) is 25.1. The molecule has 0 aliphatic carbocycles. The van der Waals surface area contributed by atoms with Gasteiger partial charge in [-0.2, -0.15) is 0 Å². The number of carbonyl (C=O) groups is 2. The molecule has 1 fully saturated rings. The van der Waals surface area contributed by atoms with Crippen LogP contribution in [0.1, 0.15) is 33.4 Å². The van der Waals surface area contributed by atoms with Crippen LogP contribution in [-0.2, 0) is 9.53 Å². The molecule has 10 heteroatoms. The molecule has 2 aliphatic rings. The zero-order chi connectivity index (χ0) is 26.4. The number of fused-ring (bicyclic) bond motifs is 3. The molecule has 0 radical (unpaired) electrons. The number of aryl methyl sites for hydroxylation is 1. The van der Waals surface area contributed by atoms with Gasteiger partial charge in [-0.15, -0.1) is 0 Å². The Morgan fingerprint density at radius 2 is 1.95 bits per heavy atom. The number of hydrogen-bond acceptors (Lipinski definition) is 7. The van der Waals surface area contributed by atoms with Crippen LogP contribution in [0.2, 0.25) is 5.02 Å². The van der Waals surface area contributed by atoms with Gasteiger partial charge in [0.15, 0.2) is 10.7 Å². The fraction of sp³-hybridized carbons (Fsp3) is 0.321. The van der Waals surface area contributed by atoms with Crippen LogP contribution in [0.25, 0.3) is 16.0 Å². The lowest BCUT2D eigenvalue weighted by atomic mass is 9.95. The summed E-state index contributed by atoms with van der Waals surface area (Å²) in [7, 11) is 0. The van der Waals surface area contributed by atoms with Gasteiger partial charge in [0.25, 0.3) is 5.91 Å². The zero-order valence-electron chi connectivity index (χ0n) is 20.9. The van der Waals surface area contributed by atoms with E-state index in [9.17, 15) is 14.7 Å². The van der Waals surface area contributed by atoms with E-state index in [0.29, 0.717) is 46.6 Å². The highest BCUT2D eigenvalue weighted by molar-refractivity contribution is 7.19. The van der Waals surface area contributed by atoms with E-state index < -0.39 is 17.7 Å². The summed E-state index contributed by atoms with van der Waals surface area (Å²) < 4.78 is 7.38. The molecule has 0 spiro atoms. The molecule has 2 aromatic heterocycles. The number of benzene rings is 2. The van der Waals surface area contributed by atoms with Crippen LogP contribution in [0.4, 0.5) is 0 Å². The van der Waals surface area contributed by atoms with Crippen molar-refractivity contribution in [1.29, 1.82) is 0 Å². The number of aromatic nitrogens is 2. The molecule has 2 aliphatic heterocycles. The number of ether oxygens (including phenoxy) is 1. The molecule has 0 saturated carbocycles. The molecule has 1 saturated heterocycles. The van der Waals surface area contributed by atoms with Crippen molar-refractivity contribution in [1.82, 2.24) is 19.2 Å². The summed E-state index contributed by atoms with van der Waals surface area (Å²) in [6.07, 6.45) is 0.704. The predicted octanol–water partition coefficient (Wildman–Crippen LogP) is 4.81. The molecule has 8 nitrogen and oxygen atoms in total. The second-order valence-electron chi connectivity index (χ2n) is 9.59. The number of aliphatic hydroxyl groups is 1. The number of thiazole rings is 1. The Morgan fingerprint density at radius 3 is 2.74 bits per heavy atom. The number of halogens is 1. The number of ketones is 1. The molecule has 4 heterocycles. The second-order valence-corrected chi connectivity index (χ2v) is 11.0. The second kappa shape index (κ2) is 10.1. The van der Waals surface area contributed by atoms with Gasteiger partial charge < -0.3 is 14.7 Å². The van der Waals surface area contributed by atoms with Crippen LogP contribution in [0.3, 0.4) is 0 Å². The molecule has 38 heavy (non-hydrogen) atoms. The normalized spacial score (nSPS) is 18.8. The Balaban J connectivity index is 1.36. The molecular formula is C28H27ClN4O4S. The molecule has 1 amide bonds. The van der Waals surface area contributed by atoms with E-state index in [-0.39, 0.29) is 11.4 Å². The predicted molar refractivity (Wildman–Crippen MR) is 147 cm³/mol. The number of hydrogen-bond donors (Lipinski definition) is 1. The molecule has 0 bridgehead atoms. The lowest BCUT2D eigenvalue weighted by molar-refractivity contribution is -0.129. The summed E-state index contributed by atoms with van der Waals surface area (Å²) in [5.41, 5.74) is 3.26. The van der Waals surface area contributed by atoms with E-state index in [1.54, 1.807) is 23.1 Å². The Labute approximate surface area is 228 Å². The molecule has 196 valence electrons. The molecule has 6 rings (SSSR count). The van der Waals surface area contributed by atoms with Crippen molar-refractivity contribution in [3.63, 3.8) is 0 Å². The number of morpholine rings is 1. The van der Waals surface area contributed by atoms with Crippen LogP contribution in [0, 0.1) is 6.92 Å². The van der Waals surface area contributed by atoms with E-state index >= 15 is 0 Å². The van der Waals surface area contributed by atoms with Crippen molar-refractivity contribution in [2.45, 2.75) is 19.4 Å². The Hall–Kier alpha value is -3.24. The Kier molecular flexibility index (Phi) is 6.69. The highest BCUT2D eigenvalue weighted by Crippen LogP contribution is 2.41. The third kappa shape index (κ3) is 4.29. The number of Topliss-reactive ketones (excluding diaryl/α,β-unsaturated/α-hetero) is 1. The number of carbonyl (C=O) groups excluding carboxylic acids is 2. The van der Waals surface area contributed by atoms with Gasteiger partial charge in [-0.25, -0.2) is 4.98 Å². The molecular weight excluding hydrogens is 524 g/mol. The van der Waals surface area contributed by atoms with Crippen LogP contribution >= 0.6 is 22.9 Å². The van der Waals surface area contributed by atoms with Crippen molar-refractivity contribution in [2.24, 2.45) is 0 Å². The van der Waals surface area contributed by atoms with Gasteiger partial charge in [-0.1, -0.05) is 47.2 Å². The number of nitrogens with zero attached hydrogens (tertiary/aromatic N) is 4. The standard InChI is InChI=1S/C28H27ClN4O4S/c1-17-26(38-28-30-20-8-2-3-9-21(20)33(17)28)24(34)22-23(18-6-4-7-19(29)16-18)32(27(36)25(22)35)11-5-10-31-12-14-37-15-13-31/h2-4,6-9,16,23,35H,5,10-15H2,1H3. The van der Waals surface area contributed by atoms with Crippen molar-refractivity contribution >= 4 is 50.6 Å². The van der Waals surface area contributed by atoms with Crippen molar-refractivity contribution < 1.29 is 19.4 Å². The highest BCUT2D eigenvalue weighted by Gasteiger charge is 2.44. The van der Waals surface area contributed by atoms with Gasteiger partial charge >= 0.3 is 0 Å². The van der Waals surface area contributed by atoms with Crippen LogP contribution < -0.4 is 0 Å². The third-order valence-electron chi connectivity index (χ3n) is 7.28. The first-order valence-corrected chi connectivity index (χ1v) is 13.8. The van der Waals surface area contributed by atoms with Gasteiger partial charge in [0.1, 0.15) is 0 Å². The van der Waals surface area contributed by atoms with Gasteiger partial charge in [0.05, 0.1) is 40.7 Å². The number of aliphatic hydroxyl groups excluding tert-OH is 1. The summed E-state index contributed by atoms with van der Waals surface area (Å²) >= 11 is 7.59. The number of imidazole rings is 1. The van der Waals surface area contributed by atoms with E-state index in [1.165, 1.54) is 11.3 Å². The summed E-state index contributed by atoms with van der Waals surface area (Å²) in [5, 5.41) is 11.6. The molecule has 1 N–H and O–H groups in total. The van der Waals surface area contributed by atoms with Crippen molar-refractivity contribution in [3.05, 3.63) is 81.0 Å². The molecule has 1 atom stereocenters. The molecule has 2 aromatic carbocycles. The smallest absolute Gasteiger partial charge is 0.290 e. The first-order chi connectivity index (χ1) is 18.4. The van der Waals surface area contributed by atoms with Crippen molar-refractivity contribution in [2.75, 3.05) is 39.4 Å². The van der Waals surface area contributed by atoms with Gasteiger partial charge in [-0.05, 0) is 43.2 Å². The first-order valence-electron chi connectivity index (χ1n) is 12.6. The number of para-hydroxylation sites is 2. The minimum atomic E-state index is -0.732. The quantitative estimate of drug-likeness (QED) is 0.332. The van der Waals surface area contributed by atoms with E-state index in [2.05, 4.69) is 9.88 Å². The number of amides is 1. The number of rotatable bonds is 7. The Bertz CT molecular complexity index is 1590. The average molecular weight is 551 g/mol. The highest BCUT2D eigenvalue weighted by atomic mass is 35.5. The van der Waals surface area contributed by atoms with Crippen LogP contribution in [0.5, 0.6) is 0 Å². The van der Waals surface area contributed by atoms with Gasteiger partial charge in [0.2, 0.25) is 5.78 Å². The lowest BCUT2D eigenvalue weighted by Crippen LogP contribution is -2.39. The third-order valence-corrected chi connectivity index (χ3v) is 8.66. The fourth-order valence-electron chi connectivity index (χ4n) is 5.43. The van der Waals surface area contributed by atoms with Crippen LogP contribution in [-0.4, -0.2) is 75.4 Å². The minimum Gasteiger partial charge on any atom is -0.503 e. The maximum atomic E-state index is 14.1. The average Bonchev–Trinajstić information content (AvgIpc) is 3.53. The minimum absolute atomic E-state index is 0.0838. The fourth-order valence-corrected chi connectivity index (χ4v) is 6.72. The Morgan fingerprint density at radius 1 is 1.16 bits per heavy atom. The molecule has 1 unspecified atom stereocenters. The largest absolute Gasteiger partial charge is 0.503 e. The van der Waals surface area contributed by atoms with Crippen molar-refractivity contribution in [3.8, 4) is 0 Å². The topological polar surface area (TPSA) is 87.4 Å². The monoisotopic (exact) mass is 550 g/mol. The maximum Gasteiger partial charge on any atom is 0.290 e. The summed E-state index contributed by atoms with van der Waals surface area (Å²) in [6, 6.07) is 14.2. The summed E-state index contributed by atoms with van der Waals surface area (Å²) in [6.45, 7) is 6.18. The summed E-state index contributed by atoms with van der Waals surface area (Å²) in [4.78, 5) is 37.2. The van der Waals surface area contributed by atoms with E-state index in [4.69, 9.17) is 16.3 Å². The van der Waals surface area contributed by atoms with Crippen LogP contribution in [0.15, 0.2) is 59.9 Å². The lowest BCUT2D eigenvalue weighted by Gasteiger charge is -2.30. The van der Waals surface area contributed by atoms with E-state index in [0.717, 1.165) is 36.4 Å². The van der Waals surface area contributed by atoms with Gasteiger partial charge in [-0.3, -0.25) is 18.9 Å². The molecule has 4 aromatic rings.